The van der Waals surface area contributed by atoms with Gasteiger partial charge in [-0.05, 0) is 69.2 Å². The van der Waals surface area contributed by atoms with Crippen LogP contribution in [0.25, 0.3) is 0 Å². The van der Waals surface area contributed by atoms with Crippen LogP contribution in [0.5, 0.6) is 0 Å². The zero-order valence-electron chi connectivity index (χ0n) is 19.6. The molecule has 0 aliphatic carbocycles. The summed E-state index contributed by atoms with van der Waals surface area (Å²) in [6.07, 6.45) is 4.41. The Morgan fingerprint density at radius 3 is 2.29 bits per heavy atom. The molecule has 0 saturated carbocycles. The van der Waals surface area contributed by atoms with E-state index in [0.717, 1.165) is 37.9 Å². The molecule has 2 aliphatic rings. The number of hydrogen-bond donors (Lipinski definition) is 1. The van der Waals surface area contributed by atoms with Crippen LogP contribution < -0.4 is 5.32 Å². The van der Waals surface area contributed by atoms with Crippen LogP contribution in [0.3, 0.4) is 0 Å². The number of carbonyl (C=O) groups is 3. The summed E-state index contributed by atoms with van der Waals surface area (Å²) in [4.78, 5) is 43.3. The van der Waals surface area contributed by atoms with Crippen LogP contribution in [-0.2, 0) is 4.79 Å². The molecule has 0 bridgehead atoms. The maximum absolute atomic E-state index is 13.5. The van der Waals surface area contributed by atoms with Gasteiger partial charge in [-0.15, -0.1) is 0 Å². The second-order valence-electron chi connectivity index (χ2n) is 9.32. The average molecular weight is 482 g/mol. The lowest BCUT2D eigenvalue weighted by molar-refractivity contribution is -0.136. The minimum absolute atomic E-state index is 0.0150. The van der Waals surface area contributed by atoms with Gasteiger partial charge < -0.3 is 15.1 Å². The molecule has 7 heteroatoms. The molecule has 0 aromatic heterocycles. The zero-order chi connectivity index (χ0) is 24.1. The van der Waals surface area contributed by atoms with E-state index < -0.39 is 6.04 Å². The topological polar surface area (TPSA) is 69.7 Å². The van der Waals surface area contributed by atoms with Crippen molar-refractivity contribution in [3.05, 3.63) is 70.2 Å². The maximum Gasteiger partial charge on any atom is 0.253 e. The molecule has 2 saturated heterocycles. The molecule has 34 heavy (non-hydrogen) atoms. The van der Waals surface area contributed by atoms with Crippen LogP contribution in [-0.4, -0.2) is 59.7 Å². The fourth-order valence-corrected chi connectivity index (χ4v) is 5.17. The van der Waals surface area contributed by atoms with Gasteiger partial charge in [0.05, 0.1) is 10.6 Å². The predicted molar refractivity (Wildman–Crippen MR) is 133 cm³/mol. The zero-order valence-corrected chi connectivity index (χ0v) is 20.4. The first-order valence-electron chi connectivity index (χ1n) is 12.1. The van der Waals surface area contributed by atoms with Gasteiger partial charge >= 0.3 is 0 Å². The molecule has 6 nitrogen and oxygen atoms in total. The van der Waals surface area contributed by atoms with Crippen LogP contribution >= 0.6 is 11.6 Å². The highest BCUT2D eigenvalue weighted by Gasteiger charge is 2.36. The van der Waals surface area contributed by atoms with Crippen LogP contribution in [0.4, 0.5) is 0 Å². The quantitative estimate of drug-likeness (QED) is 0.691. The summed E-state index contributed by atoms with van der Waals surface area (Å²) in [7, 11) is 0. The highest BCUT2D eigenvalue weighted by atomic mass is 35.5. The summed E-state index contributed by atoms with van der Waals surface area (Å²) in [5.74, 6) is -0.383. The van der Waals surface area contributed by atoms with Gasteiger partial charge in [-0.2, -0.15) is 0 Å². The van der Waals surface area contributed by atoms with Crippen molar-refractivity contribution in [2.75, 3.05) is 26.2 Å². The Balaban J connectivity index is 1.47. The minimum atomic E-state index is -0.627. The van der Waals surface area contributed by atoms with Gasteiger partial charge in [-0.25, -0.2) is 0 Å². The smallest absolute Gasteiger partial charge is 0.253 e. The van der Waals surface area contributed by atoms with E-state index in [2.05, 4.69) is 5.32 Å². The Hall–Kier alpha value is -2.86. The average Bonchev–Trinajstić information content (AvgIpc) is 2.87. The Labute approximate surface area is 206 Å². The molecular weight excluding hydrogens is 450 g/mol. The van der Waals surface area contributed by atoms with Crippen molar-refractivity contribution < 1.29 is 14.4 Å². The van der Waals surface area contributed by atoms with Crippen molar-refractivity contribution in [1.29, 1.82) is 0 Å². The van der Waals surface area contributed by atoms with Crippen LogP contribution in [0.1, 0.15) is 58.4 Å². The lowest BCUT2D eigenvalue weighted by Gasteiger charge is -2.38. The number of rotatable bonds is 5. The number of likely N-dealkylation sites (tertiary alicyclic amines) is 2. The van der Waals surface area contributed by atoms with Crippen LogP contribution in [0.15, 0.2) is 48.5 Å². The number of piperidine rings is 2. The molecule has 4 rings (SSSR count). The first-order valence-corrected chi connectivity index (χ1v) is 12.5. The summed E-state index contributed by atoms with van der Waals surface area (Å²) in [6.45, 7) is 4.54. The van der Waals surface area contributed by atoms with Crippen LogP contribution in [0, 0.1) is 12.8 Å². The summed E-state index contributed by atoms with van der Waals surface area (Å²) in [6, 6.07) is 13.9. The van der Waals surface area contributed by atoms with Gasteiger partial charge in [0.25, 0.3) is 11.8 Å². The van der Waals surface area contributed by atoms with Crippen molar-refractivity contribution >= 4 is 29.3 Å². The van der Waals surface area contributed by atoms with Crippen molar-refractivity contribution in [2.24, 2.45) is 5.92 Å². The highest BCUT2D eigenvalue weighted by Crippen LogP contribution is 2.26. The Morgan fingerprint density at radius 2 is 1.62 bits per heavy atom. The molecule has 2 aromatic rings. The maximum atomic E-state index is 13.5. The number of benzene rings is 2. The fourth-order valence-electron chi connectivity index (χ4n) is 4.95. The molecule has 1 atom stereocenters. The van der Waals surface area contributed by atoms with E-state index in [1.165, 1.54) is 0 Å². The van der Waals surface area contributed by atoms with E-state index in [4.69, 9.17) is 11.6 Å². The first kappa shape index (κ1) is 24.3. The first-order chi connectivity index (χ1) is 16.4. The molecule has 2 heterocycles. The summed E-state index contributed by atoms with van der Waals surface area (Å²) >= 11 is 6.24. The number of amides is 3. The minimum Gasteiger partial charge on any atom is -0.341 e. The Morgan fingerprint density at radius 1 is 0.912 bits per heavy atom. The van der Waals surface area contributed by atoms with E-state index in [9.17, 15) is 14.4 Å². The predicted octanol–water partition coefficient (Wildman–Crippen LogP) is 4.31. The van der Waals surface area contributed by atoms with Crippen molar-refractivity contribution in [3.8, 4) is 0 Å². The summed E-state index contributed by atoms with van der Waals surface area (Å²) < 4.78 is 0. The van der Waals surface area contributed by atoms with Gasteiger partial charge in [0.2, 0.25) is 5.91 Å². The molecule has 1 unspecified atom stereocenters. The molecule has 0 spiro atoms. The molecule has 3 amide bonds. The Kier molecular flexibility index (Phi) is 7.88. The molecule has 180 valence electrons. The van der Waals surface area contributed by atoms with Crippen molar-refractivity contribution in [2.45, 2.75) is 45.1 Å². The van der Waals surface area contributed by atoms with Gasteiger partial charge in [-0.1, -0.05) is 41.4 Å². The number of nitrogens with one attached hydrogen (secondary N) is 1. The van der Waals surface area contributed by atoms with E-state index in [-0.39, 0.29) is 23.6 Å². The third-order valence-electron chi connectivity index (χ3n) is 6.90. The number of aryl methyl sites for hydroxylation is 1. The third-order valence-corrected chi connectivity index (χ3v) is 7.23. The standard InChI is InChI=1S/C27H32ClN3O3/c1-19-8-7-9-21(18-19)26(33)31-16-12-20(13-17-31)24(27(34)30-14-5-2-6-15-30)29-25(32)22-10-3-4-11-23(22)28/h3-4,7-11,18,20,24H,2,5-6,12-17H2,1H3,(H,29,32). The Bertz CT molecular complexity index is 1040. The SMILES string of the molecule is Cc1cccc(C(=O)N2CCC(C(NC(=O)c3ccccc3Cl)C(=O)N3CCCCC3)CC2)c1. The second kappa shape index (κ2) is 11.0. The number of carbonyl (C=O) groups excluding carboxylic acids is 3. The molecule has 2 aromatic carbocycles. The molecule has 1 N–H and O–H groups in total. The normalized spacial score (nSPS) is 17.8. The van der Waals surface area contributed by atoms with E-state index in [0.29, 0.717) is 42.1 Å². The largest absolute Gasteiger partial charge is 0.341 e. The fraction of sp³-hybridized carbons (Fsp3) is 0.444. The molecule has 0 radical (unpaired) electrons. The molecular formula is C27H32ClN3O3. The highest BCUT2D eigenvalue weighted by molar-refractivity contribution is 6.33. The van der Waals surface area contributed by atoms with Gasteiger partial charge in [0.15, 0.2) is 0 Å². The number of hydrogen-bond acceptors (Lipinski definition) is 3. The van der Waals surface area contributed by atoms with Crippen LogP contribution in [0.2, 0.25) is 5.02 Å². The monoisotopic (exact) mass is 481 g/mol. The number of nitrogens with zero attached hydrogens (tertiary/aromatic N) is 2. The van der Waals surface area contributed by atoms with Gasteiger partial charge in [0.1, 0.15) is 6.04 Å². The van der Waals surface area contributed by atoms with Gasteiger partial charge in [-0.3, -0.25) is 14.4 Å². The van der Waals surface area contributed by atoms with Crippen molar-refractivity contribution in [1.82, 2.24) is 15.1 Å². The van der Waals surface area contributed by atoms with E-state index in [1.807, 2.05) is 41.0 Å². The van der Waals surface area contributed by atoms with E-state index >= 15 is 0 Å². The van der Waals surface area contributed by atoms with E-state index in [1.54, 1.807) is 24.3 Å². The van der Waals surface area contributed by atoms with Gasteiger partial charge in [0, 0.05) is 31.7 Å². The lowest BCUT2D eigenvalue weighted by Crippen LogP contribution is -2.55. The third kappa shape index (κ3) is 5.61. The molecule has 2 aliphatic heterocycles. The molecule has 2 fully saturated rings. The lowest BCUT2D eigenvalue weighted by atomic mass is 9.87. The second-order valence-corrected chi connectivity index (χ2v) is 9.72. The van der Waals surface area contributed by atoms with Crippen molar-refractivity contribution in [3.63, 3.8) is 0 Å². The summed E-state index contributed by atoms with van der Waals surface area (Å²) in [5, 5.41) is 3.37. The summed E-state index contributed by atoms with van der Waals surface area (Å²) in [5.41, 5.74) is 2.11. The number of halogens is 1.